The molecule has 0 bridgehead atoms. The van der Waals surface area contributed by atoms with Crippen molar-refractivity contribution in [2.24, 2.45) is 0 Å². The van der Waals surface area contributed by atoms with Crippen LogP contribution in [0.1, 0.15) is 19.8 Å². The lowest BCUT2D eigenvalue weighted by atomic mass is 10.0. The van der Waals surface area contributed by atoms with Crippen molar-refractivity contribution >= 4 is 0 Å². The van der Waals surface area contributed by atoms with Crippen molar-refractivity contribution in [3.8, 4) is 16.9 Å². The molecule has 100 valence electrons. The maximum Gasteiger partial charge on any atom is 0.173 e. The molecule has 0 amide bonds. The third kappa shape index (κ3) is 3.31. The maximum absolute atomic E-state index is 14.3. The molecule has 0 saturated heterocycles. The van der Waals surface area contributed by atoms with E-state index in [9.17, 15) is 8.78 Å². The lowest BCUT2D eigenvalue weighted by Crippen LogP contribution is -2.00. The molecule has 0 unspecified atom stereocenters. The first-order valence-corrected chi connectivity index (χ1v) is 6.39. The summed E-state index contributed by atoms with van der Waals surface area (Å²) >= 11 is 0. The van der Waals surface area contributed by atoms with Gasteiger partial charge in [-0.1, -0.05) is 43.7 Å². The molecule has 2 aromatic carbocycles. The van der Waals surface area contributed by atoms with Gasteiger partial charge in [0, 0.05) is 11.6 Å². The van der Waals surface area contributed by atoms with Gasteiger partial charge < -0.3 is 4.74 Å². The highest BCUT2D eigenvalue weighted by Gasteiger charge is 2.13. The van der Waals surface area contributed by atoms with Crippen LogP contribution in [0.3, 0.4) is 0 Å². The molecular formula is C16H16F2O. The smallest absolute Gasteiger partial charge is 0.173 e. The van der Waals surface area contributed by atoms with Crippen LogP contribution < -0.4 is 4.74 Å². The van der Waals surface area contributed by atoms with Crippen LogP contribution in [0.2, 0.25) is 0 Å². The van der Waals surface area contributed by atoms with Crippen molar-refractivity contribution in [1.82, 2.24) is 0 Å². The van der Waals surface area contributed by atoms with E-state index in [0.717, 1.165) is 18.9 Å². The molecule has 0 spiro atoms. The molecule has 0 aromatic heterocycles. The number of benzene rings is 2. The van der Waals surface area contributed by atoms with E-state index < -0.39 is 11.6 Å². The minimum Gasteiger partial charge on any atom is -0.490 e. The summed E-state index contributed by atoms with van der Waals surface area (Å²) in [6.07, 6.45) is 1.76. The molecule has 0 saturated carbocycles. The Bertz CT molecular complexity index is 538. The van der Waals surface area contributed by atoms with Crippen molar-refractivity contribution in [3.63, 3.8) is 0 Å². The molecule has 0 aliphatic rings. The first-order chi connectivity index (χ1) is 9.22. The highest BCUT2D eigenvalue weighted by Crippen LogP contribution is 2.30. The SMILES string of the molecule is CCCCOc1cc(F)cc(-c2ccccc2)c1F. The summed E-state index contributed by atoms with van der Waals surface area (Å²) in [4.78, 5) is 0. The van der Waals surface area contributed by atoms with Crippen molar-refractivity contribution in [2.75, 3.05) is 6.61 Å². The molecule has 0 aliphatic heterocycles. The average Bonchev–Trinajstić information content (AvgIpc) is 2.43. The number of unbranched alkanes of at least 4 members (excludes halogenated alkanes) is 1. The van der Waals surface area contributed by atoms with Gasteiger partial charge in [0.05, 0.1) is 6.61 Å². The van der Waals surface area contributed by atoms with Crippen molar-refractivity contribution in [1.29, 1.82) is 0 Å². The van der Waals surface area contributed by atoms with Gasteiger partial charge in [-0.25, -0.2) is 8.78 Å². The van der Waals surface area contributed by atoms with Crippen LogP contribution in [0.15, 0.2) is 42.5 Å². The van der Waals surface area contributed by atoms with Crippen LogP contribution in [0.4, 0.5) is 8.78 Å². The zero-order chi connectivity index (χ0) is 13.7. The predicted octanol–water partition coefficient (Wildman–Crippen LogP) is 4.81. The van der Waals surface area contributed by atoms with E-state index in [1.165, 1.54) is 6.07 Å². The van der Waals surface area contributed by atoms with E-state index in [0.29, 0.717) is 12.2 Å². The Labute approximate surface area is 111 Å². The van der Waals surface area contributed by atoms with Crippen molar-refractivity contribution in [3.05, 3.63) is 54.1 Å². The molecule has 0 heterocycles. The second-order valence-electron chi connectivity index (χ2n) is 4.33. The second kappa shape index (κ2) is 6.32. The summed E-state index contributed by atoms with van der Waals surface area (Å²) in [5.41, 5.74) is 0.868. The topological polar surface area (TPSA) is 9.23 Å². The van der Waals surface area contributed by atoms with Gasteiger partial charge in [0.2, 0.25) is 0 Å². The Kier molecular flexibility index (Phi) is 4.50. The van der Waals surface area contributed by atoms with Gasteiger partial charge in [0.25, 0.3) is 0 Å². The third-order valence-electron chi connectivity index (χ3n) is 2.84. The molecule has 0 fully saturated rings. The van der Waals surface area contributed by atoms with Gasteiger partial charge in [0.1, 0.15) is 5.82 Å². The number of halogens is 2. The van der Waals surface area contributed by atoms with Crippen molar-refractivity contribution in [2.45, 2.75) is 19.8 Å². The molecule has 1 nitrogen and oxygen atoms in total. The lowest BCUT2D eigenvalue weighted by Gasteiger charge is -2.10. The van der Waals surface area contributed by atoms with E-state index in [1.54, 1.807) is 24.3 Å². The van der Waals surface area contributed by atoms with Gasteiger partial charge in [0.15, 0.2) is 11.6 Å². The zero-order valence-corrected chi connectivity index (χ0v) is 10.8. The zero-order valence-electron chi connectivity index (χ0n) is 10.8. The van der Waals surface area contributed by atoms with Crippen LogP contribution in [0.25, 0.3) is 11.1 Å². The fourth-order valence-corrected chi connectivity index (χ4v) is 1.82. The van der Waals surface area contributed by atoms with E-state index in [2.05, 4.69) is 0 Å². The molecule has 2 rings (SSSR count). The largest absolute Gasteiger partial charge is 0.490 e. The highest BCUT2D eigenvalue weighted by atomic mass is 19.1. The number of ether oxygens (including phenoxy) is 1. The Hall–Kier alpha value is -1.90. The highest BCUT2D eigenvalue weighted by molar-refractivity contribution is 5.66. The summed E-state index contributed by atoms with van der Waals surface area (Å²) in [6, 6.07) is 11.2. The quantitative estimate of drug-likeness (QED) is 0.702. The van der Waals surface area contributed by atoms with E-state index in [4.69, 9.17) is 4.74 Å². The lowest BCUT2D eigenvalue weighted by molar-refractivity contribution is 0.293. The molecule has 0 radical (unpaired) electrons. The van der Waals surface area contributed by atoms with Crippen LogP contribution in [0, 0.1) is 11.6 Å². The molecule has 2 aromatic rings. The molecule has 0 aliphatic carbocycles. The third-order valence-corrected chi connectivity index (χ3v) is 2.84. The molecular weight excluding hydrogens is 246 g/mol. The van der Waals surface area contributed by atoms with Crippen LogP contribution >= 0.6 is 0 Å². The number of hydrogen-bond acceptors (Lipinski definition) is 1. The first-order valence-electron chi connectivity index (χ1n) is 6.39. The fraction of sp³-hybridized carbons (Fsp3) is 0.250. The minimum atomic E-state index is -0.510. The van der Waals surface area contributed by atoms with Crippen LogP contribution in [-0.4, -0.2) is 6.61 Å². The van der Waals surface area contributed by atoms with Gasteiger partial charge in [-0.3, -0.25) is 0 Å². The normalized spacial score (nSPS) is 10.5. The fourth-order valence-electron chi connectivity index (χ4n) is 1.82. The summed E-state index contributed by atoms with van der Waals surface area (Å²) in [5.74, 6) is -1.03. The van der Waals surface area contributed by atoms with Gasteiger partial charge in [-0.05, 0) is 18.1 Å². The first kappa shape index (κ1) is 13.5. The van der Waals surface area contributed by atoms with Crippen LogP contribution in [-0.2, 0) is 0 Å². The number of hydrogen-bond donors (Lipinski definition) is 0. The Morgan fingerprint density at radius 3 is 2.47 bits per heavy atom. The van der Waals surface area contributed by atoms with E-state index >= 15 is 0 Å². The van der Waals surface area contributed by atoms with Gasteiger partial charge in [-0.15, -0.1) is 0 Å². The second-order valence-corrected chi connectivity index (χ2v) is 4.33. The minimum absolute atomic E-state index is 0.0210. The molecule has 3 heteroatoms. The maximum atomic E-state index is 14.3. The summed E-state index contributed by atoms with van der Waals surface area (Å²) in [7, 11) is 0. The average molecular weight is 262 g/mol. The molecule has 19 heavy (non-hydrogen) atoms. The molecule has 0 N–H and O–H groups in total. The Morgan fingerprint density at radius 2 is 1.79 bits per heavy atom. The summed E-state index contributed by atoms with van der Waals surface area (Å²) < 4.78 is 33.1. The van der Waals surface area contributed by atoms with E-state index in [1.807, 2.05) is 13.0 Å². The number of rotatable bonds is 5. The standard InChI is InChI=1S/C16H16F2O/c1-2-3-9-19-15-11-13(17)10-14(16(15)18)12-7-5-4-6-8-12/h4-8,10-11H,2-3,9H2,1H3. The monoisotopic (exact) mass is 262 g/mol. The summed E-state index contributed by atoms with van der Waals surface area (Å²) in [5, 5.41) is 0. The molecule has 0 atom stereocenters. The Balaban J connectivity index is 2.34. The summed E-state index contributed by atoms with van der Waals surface area (Å²) in [6.45, 7) is 2.41. The Morgan fingerprint density at radius 1 is 1.05 bits per heavy atom. The van der Waals surface area contributed by atoms with Gasteiger partial charge in [-0.2, -0.15) is 0 Å². The predicted molar refractivity (Wildman–Crippen MR) is 72.2 cm³/mol. The van der Waals surface area contributed by atoms with Crippen LogP contribution in [0.5, 0.6) is 5.75 Å². The van der Waals surface area contributed by atoms with E-state index in [-0.39, 0.29) is 11.3 Å². The van der Waals surface area contributed by atoms with Crippen molar-refractivity contribution < 1.29 is 13.5 Å². The van der Waals surface area contributed by atoms with Gasteiger partial charge >= 0.3 is 0 Å².